The Morgan fingerprint density at radius 3 is 2.71 bits per heavy atom. The zero-order valence-electron chi connectivity index (χ0n) is 10.3. The van der Waals surface area contributed by atoms with Crippen LogP contribution in [0.4, 0.5) is 0 Å². The van der Waals surface area contributed by atoms with Crippen molar-refractivity contribution in [1.29, 1.82) is 0 Å². The summed E-state index contributed by atoms with van der Waals surface area (Å²) in [5.41, 5.74) is 0.0194. The predicted molar refractivity (Wildman–Crippen MR) is 66.5 cm³/mol. The fourth-order valence-corrected chi connectivity index (χ4v) is 1.80. The molecular formula is C13H19NO3. The molecule has 0 spiro atoms. The number of rotatable bonds is 6. The van der Waals surface area contributed by atoms with Gasteiger partial charge in [0.1, 0.15) is 0 Å². The molecule has 1 heterocycles. The van der Waals surface area contributed by atoms with E-state index in [9.17, 15) is 9.59 Å². The quantitative estimate of drug-likeness (QED) is 0.774. The molecule has 0 aliphatic carbocycles. The van der Waals surface area contributed by atoms with E-state index in [1.54, 1.807) is 0 Å². The minimum Gasteiger partial charge on any atom is -0.478 e. The van der Waals surface area contributed by atoms with E-state index < -0.39 is 5.97 Å². The number of carbonyl (C=O) groups is 1. The Bertz CT molecular complexity index is 437. The maximum atomic E-state index is 11.6. The Morgan fingerprint density at radius 1 is 1.41 bits per heavy atom. The smallest absolute Gasteiger partial charge is 0.337 e. The molecule has 0 saturated heterocycles. The van der Waals surface area contributed by atoms with Crippen LogP contribution in [0.5, 0.6) is 0 Å². The first-order valence-electron chi connectivity index (χ1n) is 6.01. The number of aromatic nitrogens is 1. The largest absolute Gasteiger partial charge is 0.478 e. The van der Waals surface area contributed by atoms with E-state index in [2.05, 4.69) is 6.92 Å². The summed E-state index contributed by atoms with van der Waals surface area (Å²) in [5, 5.41) is 8.88. The van der Waals surface area contributed by atoms with Gasteiger partial charge in [-0.1, -0.05) is 26.2 Å². The van der Waals surface area contributed by atoms with Gasteiger partial charge in [-0.3, -0.25) is 4.79 Å². The highest BCUT2D eigenvalue weighted by Gasteiger charge is 2.09. The van der Waals surface area contributed by atoms with Crippen LogP contribution in [-0.4, -0.2) is 15.6 Å². The third-order valence-corrected chi connectivity index (χ3v) is 2.89. The predicted octanol–water partition coefficient (Wildman–Crippen LogP) is 2.69. The van der Waals surface area contributed by atoms with Crippen molar-refractivity contribution < 1.29 is 9.90 Å². The molecule has 0 radical (unpaired) electrons. The topological polar surface area (TPSA) is 59.3 Å². The highest BCUT2D eigenvalue weighted by Crippen LogP contribution is 2.13. The van der Waals surface area contributed by atoms with Gasteiger partial charge < -0.3 is 9.67 Å². The van der Waals surface area contributed by atoms with Gasteiger partial charge in [-0.15, -0.1) is 0 Å². The van der Waals surface area contributed by atoms with Gasteiger partial charge in [-0.2, -0.15) is 0 Å². The van der Waals surface area contributed by atoms with Gasteiger partial charge in [0.15, 0.2) is 0 Å². The molecule has 0 aromatic carbocycles. The van der Waals surface area contributed by atoms with E-state index in [0.29, 0.717) is 0 Å². The number of unbranched alkanes of at least 4 members (excludes halogenated alkanes) is 2. The average Bonchev–Trinajstić information content (AvgIpc) is 2.29. The van der Waals surface area contributed by atoms with Crippen LogP contribution < -0.4 is 5.56 Å². The molecular weight excluding hydrogens is 218 g/mol. The summed E-state index contributed by atoms with van der Waals surface area (Å²) in [7, 11) is 0. The lowest BCUT2D eigenvalue weighted by Crippen LogP contribution is -2.23. The lowest BCUT2D eigenvalue weighted by atomic mass is 10.1. The molecule has 4 heteroatoms. The van der Waals surface area contributed by atoms with E-state index in [-0.39, 0.29) is 17.2 Å². The summed E-state index contributed by atoms with van der Waals surface area (Å²) in [5.74, 6) is -1.00. The van der Waals surface area contributed by atoms with Crippen LogP contribution >= 0.6 is 0 Å². The third kappa shape index (κ3) is 3.73. The van der Waals surface area contributed by atoms with Gasteiger partial charge >= 0.3 is 5.97 Å². The molecule has 94 valence electrons. The molecule has 0 aliphatic heterocycles. The van der Waals surface area contributed by atoms with Crippen LogP contribution in [-0.2, 0) is 0 Å². The molecule has 1 rings (SSSR count). The van der Waals surface area contributed by atoms with Crippen LogP contribution in [0.3, 0.4) is 0 Å². The molecule has 0 aliphatic rings. The summed E-state index contributed by atoms with van der Waals surface area (Å²) in [4.78, 5) is 22.5. The lowest BCUT2D eigenvalue weighted by Gasteiger charge is -2.15. The van der Waals surface area contributed by atoms with E-state index >= 15 is 0 Å². The molecule has 1 N–H and O–H groups in total. The molecule has 0 fully saturated rings. The third-order valence-electron chi connectivity index (χ3n) is 2.89. The number of hydrogen-bond acceptors (Lipinski definition) is 2. The van der Waals surface area contributed by atoms with Crippen molar-refractivity contribution in [2.45, 2.75) is 45.6 Å². The van der Waals surface area contributed by atoms with Gasteiger partial charge in [0.2, 0.25) is 0 Å². The van der Waals surface area contributed by atoms with E-state index in [4.69, 9.17) is 5.11 Å². The van der Waals surface area contributed by atoms with Gasteiger partial charge in [-0.05, 0) is 19.4 Å². The summed E-state index contributed by atoms with van der Waals surface area (Å²) >= 11 is 0. The van der Waals surface area contributed by atoms with Crippen LogP contribution in [0, 0.1) is 0 Å². The lowest BCUT2D eigenvalue weighted by molar-refractivity contribution is 0.0695. The van der Waals surface area contributed by atoms with Crippen LogP contribution in [0.2, 0.25) is 0 Å². The number of pyridine rings is 1. The standard InChI is InChI=1S/C13H19NO3/c1-3-4-5-6-10(2)14-9-11(13(16)17)7-8-12(14)15/h7-10H,3-6H2,1-2H3,(H,16,17). The summed E-state index contributed by atoms with van der Waals surface area (Å²) in [6, 6.07) is 2.72. The van der Waals surface area contributed by atoms with Gasteiger partial charge in [0, 0.05) is 18.3 Å². The normalized spacial score (nSPS) is 12.4. The Hall–Kier alpha value is -1.58. The fourth-order valence-electron chi connectivity index (χ4n) is 1.80. The molecule has 0 amide bonds. The van der Waals surface area contributed by atoms with Crippen molar-refractivity contribution >= 4 is 5.97 Å². The first-order valence-corrected chi connectivity index (χ1v) is 6.01. The first kappa shape index (κ1) is 13.5. The van der Waals surface area contributed by atoms with Crippen molar-refractivity contribution in [3.63, 3.8) is 0 Å². The van der Waals surface area contributed by atoms with E-state index in [1.165, 1.54) is 22.9 Å². The Balaban J connectivity index is 2.84. The molecule has 0 bridgehead atoms. The number of hydrogen-bond donors (Lipinski definition) is 1. The Labute approximate surface area is 101 Å². The van der Waals surface area contributed by atoms with E-state index in [1.807, 2.05) is 6.92 Å². The monoisotopic (exact) mass is 237 g/mol. The highest BCUT2D eigenvalue weighted by atomic mass is 16.4. The SMILES string of the molecule is CCCCCC(C)n1cc(C(=O)O)ccc1=O. The van der Waals surface area contributed by atoms with Crippen molar-refractivity contribution in [3.05, 3.63) is 34.2 Å². The number of aromatic carboxylic acids is 1. The fraction of sp³-hybridized carbons (Fsp3) is 0.538. The minimum atomic E-state index is -1.00. The molecule has 4 nitrogen and oxygen atoms in total. The molecule has 1 atom stereocenters. The minimum absolute atomic E-state index is 0.0494. The van der Waals surface area contributed by atoms with Crippen molar-refractivity contribution in [2.24, 2.45) is 0 Å². The Kier molecular flexibility index (Phi) is 4.94. The zero-order chi connectivity index (χ0) is 12.8. The van der Waals surface area contributed by atoms with Crippen molar-refractivity contribution in [3.8, 4) is 0 Å². The van der Waals surface area contributed by atoms with Crippen LogP contribution in [0.25, 0.3) is 0 Å². The first-order chi connectivity index (χ1) is 8.06. The molecule has 0 saturated carbocycles. The van der Waals surface area contributed by atoms with Gasteiger partial charge in [0.25, 0.3) is 5.56 Å². The number of carboxylic acid groups (broad SMARTS) is 1. The maximum absolute atomic E-state index is 11.6. The summed E-state index contributed by atoms with van der Waals surface area (Å²) in [6.45, 7) is 4.07. The van der Waals surface area contributed by atoms with Crippen molar-refractivity contribution in [1.82, 2.24) is 4.57 Å². The number of nitrogens with zero attached hydrogens (tertiary/aromatic N) is 1. The Morgan fingerprint density at radius 2 is 2.12 bits per heavy atom. The van der Waals surface area contributed by atoms with Gasteiger partial charge in [0.05, 0.1) is 5.56 Å². The molecule has 17 heavy (non-hydrogen) atoms. The van der Waals surface area contributed by atoms with Crippen LogP contribution in [0.15, 0.2) is 23.1 Å². The molecule has 1 aromatic rings. The average molecular weight is 237 g/mol. The molecule has 1 aromatic heterocycles. The van der Waals surface area contributed by atoms with Gasteiger partial charge in [-0.25, -0.2) is 4.79 Å². The second-order valence-electron chi connectivity index (χ2n) is 4.31. The second-order valence-corrected chi connectivity index (χ2v) is 4.31. The highest BCUT2D eigenvalue weighted by molar-refractivity contribution is 5.87. The van der Waals surface area contributed by atoms with Crippen LogP contribution in [0.1, 0.15) is 55.9 Å². The summed E-state index contributed by atoms with van der Waals surface area (Å²) < 4.78 is 1.51. The zero-order valence-corrected chi connectivity index (χ0v) is 10.3. The summed E-state index contributed by atoms with van der Waals surface area (Å²) in [6.07, 6.45) is 5.66. The second kappa shape index (κ2) is 6.23. The number of carboxylic acids is 1. The van der Waals surface area contributed by atoms with E-state index in [0.717, 1.165) is 25.7 Å². The van der Waals surface area contributed by atoms with Crippen molar-refractivity contribution in [2.75, 3.05) is 0 Å². The maximum Gasteiger partial charge on any atom is 0.337 e. The molecule has 1 unspecified atom stereocenters.